The average molecular weight is 838 g/mol. The Morgan fingerprint density at radius 2 is 1.21 bits per heavy atom. The standard InChI is InChI=1S/C51H55N3O8/c1-5-58-32-12-6-7-13-33-59-43-28-22-41(23-29-43)51(57)62-44-26-18-39(19-27-44)36-52-47-30-31-48(46-17-11-10-16-45(46)47)54-53-42-24-20-40(21-25-42)50(56)61-35-15-9-8-14-34-60-49(55)38(4)37(2)3/h5,10-11,16-31,52H,1-2,4,6-9,12-15,32-36H2,3H3. The second kappa shape index (κ2) is 24.9. The number of benzene rings is 5. The van der Waals surface area contributed by atoms with Crippen LogP contribution in [0.25, 0.3) is 10.8 Å². The molecule has 0 unspecified atom stereocenters. The highest BCUT2D eigenvalue weighted by Crippen LogP contribution is 2.33. The first-order chi connectivity index (χ1) is 30.2. The minimum absolute atomic E-state index is 0.288. The van der Waals surface area contributed by atoms with Gasteiger partial charge in [0.15, 0.2) is 0 Å². The Morgan fingerprint density at radius 3 is 1.89 bits per heavy atom. The number of nitrogens with zero attached hydrogens (tertiary/aromatic N) is 2. The smallest absolute Gasteiger partial charge is 0.343 e. The lowest BCUT2D eigenvalue weighted by Crippen LogP contribution is -2.09. The quantitative estimate of drug-likeness (QED) is 0.0110. The van der Waals surface area contributed by atoms with Gasteiger partial charge in [0.2, 0.25) is 0 Å². The van der Waals surface area contributed by atoms with Crippen molar-refractivity contribution in [2.24, 2.45) is 10.2 Å². The number of hydrogen-bond acceptors (Lipinski definition) is 11. The van der Waals surface area contributed by atoms with E-state index in [1.807, 2.05) is 48.5 Å². The average Bonchev–Trinajstić information content (AvgIpc) is 3.29. The minimum atomic E-state index is -0.440. The Labute approximate surface area is 364 Å². The van der Waals surface area contributed by atoms with E-state index in [9.17, 15) is 14.4 Å². The third kappa shape index (κ3) is 14.9. The third-order valence-corrected chi connectivity index (χ3v) is 9.79. The summed E-state index contributed by atoms with van der Waals surface area (Å²) in [5.41, 5.74) is 5.00. The molecular formula is C51H55N3O8. The number of esters is 3. The second-order valence-electron chi connectivity index (χ2n) is 14.6. The van der Waals surface area contributed by atoms with Gasteiger partial charge in [0.05, 0.1) is 60.8 Å². The number of unbranched alkanes of at least 4 members (excludes halogenated alkanes) is 6. The molecule has 5 aromatic carbocycles. The van der Waals surface area contributed by atoms with Crippen LogP contribution in [0.15, 0.2) is 157 Å². The molecular weight excluding hydrogens is 783 g/mol. The number of azo groups is 1. The van der Waals surface area contributed by atoms with Crippen molar-refractivity contribution in [1.82, 2.24) is 0 Å². The molecule has 5 rings (SSSR count). The maximum atomic E-state index is 12.8. The predicted molar refractivity (Wildman–Crippen MR) is 244 cm³/mol. The SMILES string of the molecule is C=COCCCCCCOc1ccc(C(=O)Oc2ccc(CNc3ccc(N=Nc4ccc(C(=O)OCCCCCCOC(=O)C(=C)C(=C)C)cc4)c4ccccc34)cc2)cc1. The molecule has 0 bridgehead atoms. The highest BCUT2D eigenvalue weighted by atomic mass is 16.5. The Kier molecular flexibility index (Phi) is 18.5. The zero-order chi connectivity index (χ0) is 43.9. The van der Waals surface area contributed by atoms with Gasteiger partial charge >= 0.3 is 17.9 Å². The Balaban J connectivity index is 1.04. The van der Waals surface area contributed by atoms with Crippen molar-refractivity contribution < 1.29 is 38.1 Å². The van der Waals surface area contributed by atoms with Crippen LogP contribution in [0.2, 0.25) is 0 Å². The molecule has 11 nitrogen and oxygen atoms in total. The maximum absolute atomic E-state index is 12.8. The molecule has 0 radical (unpaired) electrons. The van der Waals surface area contributed by atoms with Crippen molar-refractivity contribution in [2.45, 2.75) is 64.8 Å². The van der Waals surface area contributed by atoms with Crippen LogP contribution in [0.4, 0.5) is 17.1 Å². The van der Waals surface area contributed by atoms with Crippen molar-refractivity contribution in [2.75, 3.05) is 31.7 Å². The van der Waals surface area contributed by atoms with Crippen molar-refractivity contribution in [3.05, 3.63) is 163 Å². The van der Waals surface area contributed by atoms with Gasteiger partial charge in [-0.15, -0.1) is 5.11 Å². The molecule has 322 valence electrons. The summed E-state index contributed by atoms with van der Waals surface area (Å²) in [7, 11) is 0. The van der Waals surface area contributed by atoms with E-state index in [0.29, 0.717) is 79.0 Å². The number of hydrogen-bond donors (Lipinski definition) is 1. The molecule has 0 fully saturated rings. The van der Waals surface area contributed by atoms with E-state index in [4.69, 9.17) is 23.7 Å². The van der Waals surface area contributed by atoms with Crippen LogP contribution >= 0.6 is 0 Å². The normalized spacial score (nSPS) is 10.9. The van der Waals surface area contributed by atoms with Gasteiger partial charge in [0.1, 0.15) is 11.5 Å². The van der Waals surface area contributed by atoms with Gasteiger partial charge in [-0.1, -0.05) is 56.1 Å². The van der Waals surface area contributed by atoms with Crippen molar-refractivity contribution in [3.63, 3.8) is 0 Å². The number of anilines is 1. The molecule has 0 atom stereocenters. The predicted octanol–water partition coefficient (Wildman–Crippen LogP) is 12.6. The summed E-state index contributed by atoms with van der Waals surface area (Å²) in [6, 6.07) is 33.1. The summed E-state index contributed by atoms with van der Waals surface area (Å²) in [6.45, 7) is 15.1. The van der Waals surface area contributed by atoms with E-state index in [0.717, 1.165) is 67.0 Å². The lowest BCUT2D eigenvalue weighted by Gasteiger charge is -2.12. The number of carbonyl (C=O) groups excluding carboxylic acids is 3. The summed E-state index contributed by atoms with van der Waals surface area (Å²) < 4.78 is 27.2. The first-order valence-corrected chi connectivity index (χ1v) is 20.9. The van der Waals surface area contributed by atoms with Crippen LogP contribution < -0.4 is 14.8 Å². The molecule has 0 aliphatic heterocycles. The monoisotopic (exact) mass is 837 g/mol. The molecule has 0 spiro atoms. The fraction of sp³-hybridized carbons (Fsp3) is 0.275. The number of nitrogens with one attached hydrogen (secondary N) is 1. The van der Waals surface area contributed by atoms with Gasteiger partial charge in [0.25, 0.3) is 0 Å². The van der Waals surface area contributed by atoms with Gasteiger partial charge in [-0.25, -0.2) is 14.4 Å². The molecule has 0 aliphatic carbocycles. The zero-order valence-corrected chi connectivity index (χ0v) is 35.4. The van der Waals surface area contributed by atoms with Crippen molar-refractivity contribution >= 4 is 45.7 Å². The lowest BCUT2D eigenvalue weighted by molar-refractivity contribution is -0.138. The third-order valence-electron chi connectivity index (χ3n) is 9.79. The number of fused-ring (bicyclic) bond motifs is 1. The van der Waals surface area contributed by atoms with Gasteiger partial charge in [-0.3, -0.25) is 0 Å². The number of carbonyl (C=O) groups is 3. The maximum Gasteiger partial charge on any atom is 0.343 e. The zero-order valence-electron chi connectivity index (χ0n) is 35.4. The summed E-state index contributed by atoms with van der Waals surface area (Å²) in [5.74, 6) is -0.111. The van der Waals surface area contributed by atoms with Crippen LogP contribution in [-0.2, 0) is 25.5 Å². The first-order valence-electron chi connectivity index (χ1n) is 20.9. The molecule has 0 aliphatic rings. The molecule has 0 amide bonds. The lowest BCUT2D eigenvalue weighted by atomic mass is 10.1. The van der Waals surface area contributed by atoms with E-state index in [1.165, 1.54) is 6.26 Å². The Hall–Kier alpha value is -7.01. The summed E-state index contributed by atoms with van der Waals surface area (Å²) >= 11 is 0. The van der Waals surface area contributed by atoms with Gasteiger partial charge in [0, 0.05) is 23.0 Å². The molecule has 0 saturated heterocycles. The molecule has 0 aromatic heterocycles. The Morgan fingerprint density at radius 1 is 0.613 bits per heavy atom. The molecule has 11 heteroatoms. The number of ether oxygens (including phenoxy) is 5. The fourth-order valence-corrected chi connectivity index (χ4v) is 6.17. The highest BCUT2D eigenvalue weighted by molar-refractivity contribution is 6.01. The summed E-state index contributed by atoms with van der Waals surface area (Å²) in [6.07, 6.45) is 8.67. The van der Waals surface area contributed by atoms with Crippen LogP contribution in [0.1, 0.15) is 84.6 Å². The van der Waals surface area contributed by atoms with Crippen LogP contribution in [0, 0.1) is 0 Å². The van der Waals surface area contributed by atoms with E-state index in [1.54, 1.807) is 67.6 Å². The van der Waals surface area contributed by atoms with Crippen molar-refractivity contribution in [3.8, 4) is 11.5 Å². The molecule has 5 aromatic rings. The second-order valence-corrected chi connectivity index (χ2v) is 14.6. The van der Waals surface area contributed by atoms with E-state index in [-0.39, 0.29) is 5.57 Å². The topological polar surface area (TPSA) is 134 Å². The first kappa shape index (κ1) is 46.1. The summed E-state index contributed by atoms with van der Waals surface area (Å²) in [5, 5.41) is 14.4. The van der Waals surface area contributed by atoms with E-state index < -0.39 is 17.9 Å². The number of rotatable bonds is 26. The van der Waals surface area contributed by atoms with Crippen LogP contribution in [-0.4, -0.2) is 44.3 Å². The van der Waals surface area contributed by atoms with Crippen molar-refractivity contribution in [1.29, 1.82) is 0 Å². The van der Waals surface area contributed by atoms with E-state index in [2.05, 4.69) is 35.3 Å². The van der Waals surface area contributed by atoms with Crippen LogP contribution in [0.3, 0.4) is 0 Å². The summed E-state index contributed by atoms with van der Waals surface area (Å²) in [4.78, 5) is 37.2. The molecule has 62 heavy (non-hydrogen) atoms. The highest BCUT2D eigenvalue weighted by Gasteiger charge is 2.12. The van der Waals surface area contributed by atoms with E-state index >= 15 is 0 Å². The molecule has 0 heterocycles. The molecule has 0 saturated carbocycles. The van der Waals surface area contributed by atoms with Gasteiger partial charge in [-0.2, -0.15) is 5.11 Å². The fourth-order valence-electron chi connectivity index (χ4n) is 6.17. The van der Waals surface area contributed by atoms with Crippen LogP contribution in [0.5, 0.6) is 11.5 Å². The minimum Gasteiger partial charge on any atom is -0.502 e. The Bertz CT molecular complexity index is 2300. The largest absolute Gasteiger partial charge is 0.502 e. The molecule has 1 N–H and O–H groups in total. The van der Waals surface area contributed by atoms with Gasteiger partial charge in [-0.05, 0) is 142 Å². The van der Waals surface area contributed by atoms with Gasteiger partial charge < -0.3 is 29.0 Å².